The fraction of sp³-hybridized carbons (Fsp3) is 0.600. The second-order valence-electron chi connectivity index (χ2n) is 1.07. The van der Waals surface area contributed by atoms with E-state index in [9.17, 15) is 0 Å². The first-order valence-electron chi connectivity index (χ1n) is 2.41. The molecule has 0 heterocycles. The molecule has 0 nitrogen and oxygen atoms in total. The van der Waals surface area contributed by atoms with Crippen LogP contribution < -0.4 is 0 Å². The Morgan fingerprint density at radius 2 is 1.89 bits per heavy atom. The van der Waals surface area contributed by atoms with Gasteiger partial charge in [-0.25, -0.2) is 0 Å². The third-order valence-corrected chi connectivity index (χ3v) is 1.20. The van der Waals surface area contributed by atoms with Crippen LogP contribution in [-0.2, 0) is 0 Å². The van der Waals surface area contributed by atoms with E-state index in [1.807, 2.05) is 0 Å². The lowest BCUT2D eigenvalue weighted by Gasteiger charge is -1.77. The van der Waals surface area contributed by atoms with E-state index in [4.69, 9.17) is 6.42 Å². The zero-order valence-corrected chi connectivity index (χ0v) is 12.8. The van der Waals surface area contributed by atoms with Crippen LogP contribution in [0.1, 0.15) is 12.8 Å². The summed E-state index contributed by atoms with van der Waals surface area (Å²) in [5, 5.41) is 0. The molecule has 0 aliphatic rings. The van der Waals surface area contributed by atoms with Crippen molar-refractivity contribution in [2.45, 2.75) is 12.8 Å². The van der Waals surface area contributed by atoms with Gasteiger partial charge in [-0.1, -0.05) is 28.5 Å². The molecule has 49 valence electrons. The van der Waals surface area contributed by atoms with Gasteiger partial charge in [-0.3, -0.25) is 37.7 Å². The summed E-state index contributed by atoms with van der Waals surface area (Å²) in [6, 6.07) is 0. The molecule has 0 saturated carbocycles. The van der Waals surface area contributed by atoms with Crippen LogP contribution in [-0.4, -0.2) is 17.0 Å². The lowest BCUT2D eigenvalue weighted by Crippen LogP contribution is -1.67. The molecular formula is C5H6I3Mg. The molecule has 0 rings (SSSR count). The van der Waals surface area contributed by atoms with E-state index in [0.29, 0.717) is 12.6 Å². The summed E-state index contributed by atoms with van der Waals surface area (Å²) < 4.78 is 1.14. The van der Waals surface area contributed by atoms with E-state index >= 15 is 0 Å². The third-order valence-electron chi connectivity index (χ3n) is 0.435. The van der Waals surface area contributed by atoms with E-state index in [1.54, 1.807) is 0 Å². The van der Waals surface area contributed by atoms with Crippen molar-refractivity contribution < 1.29 is 0 Å². The molecule has 0 aromatic rings. The molecule has 4 heteroatoms. The summed E-state index contributed by atoms with van der Waals surface area (Å²) in [5.41, 5.74) is 0. The molecule has 0 unspecified atom stereocenters. The molecule has 0 amide bonds. The molecule has 0 spiro atoms. The Kier molecular flexibility index (Phi) is 26.3. The molecule has 9 heavy (non-hydrogen) atoms. The van der Waals surface area contributed by atoms with E-state index in [2.05, 4.69) is 66.2 Å². The molecule has 0 aliphatic heterocycles. The Morgan fingerprint density at radius 3 is 2.00 bits per heavy atom. The van der Waals surface area contributed by atoms with Gasteiger partial charge in [0.05, 0.1) is 0 Å². The Bertz CT molecular complexity index is 69.1. The van der Waals surface area contributed by atoms with Crippen LogP contribution in [0.25, 0.3) is 0 Å². The van der Waals surface area contributed by atoms with E-state index in [-0.39, 0.29) is 0 Å². The predicted octanol–water partition coefficient (Wildman–Crippen LogP) is 3.18. The van der Waals surface area contributed by atoms with Crippen LogP contribution >= 0.6 is 60.3 Å². The fourth-order valence-corrected chi connectivity index (χ4v) is 0.537. The summed E-state index contributed by atoms with van der Waals surface area (Å²) in [7, 11) is 0. The zero-order valence-electron chi connectivity index (χ0n) is 4.96. The van der Waals surface area contributed by atoms with E-state index < -0.39 is 0 Å². The van der Waals surface area contributed by atoms with Crippen molar-refractivity contribution in [2.75, 3.05) is 4.43 Å². The SMILES string of the molecule is [C]#CCCCI.[I][Mg][I]. The average Bonchev–Trinajstić information content (AvgIpc) is 1.86. The maximum absolute atomic E-state index is 6.45. The number of rotatable bonds is 2. The summed E-state index contributed by atoms with van der Waals surface area (Å²) in [4.78, 5) is 0. The first-order valence-corrected chi connectivity index (χ1v) is 14.2. The van der Waals surface area contributed by atoms with Crippen LogP contribution in [0.4, 0.5) is 0 Å². The maximum atomic E-state index is 6.45. The second kappa shape index (κ2) is 16.9. The van der Waals surface area contributed by atoms with Gasteiger partial charge in [-0.05, 0) is 12.8 Å². The molecular weight excluding hydrogens is 465 g/mol. The van der Waals surface area contributed by atoms with Crippen molar-refractivity contribution >= 4 is 72.9 Å². The average molecular weight is 471 g/mol. The summed E-state index contributed by atoms with van der Waals surface area (Å²) >= 11 is 7.47. The highest BCUT2D eigenvalue weighted by molar-refractivity contribution is 14.3. The van der Waals surface area contributed by atoms with Crippen LogP contribution in [0.2, 0.25) is 0 Å². The molecule has 0 aromatic heterocycles. The Morgan fingerprint density at radius 1 is 1.44 bits per heavy atom. The molecule has 1 radical (unpaired) electrons. The van der Waals surface area contributed by atoms with Gasteiger partial charge in [0.25, 0.3) is 0 Å². The molecule has 0 N–H and O–H groups in total. The third kappa shape index (κ3) is 25.1. The number of unbranched alkanes of at least 4 members (excludes halogenated alkanes) is 1. The molecule has 0 aliphatic carbocycles. The Balaban J connectivity index is 0. The van der Waals surface area contributed by atoms with Gasteiger partial charge < -0.3 is 0 Å². The van der Waals surface area contributed by atoms with Gasteiger partial charge in [-0.2, -0.15) is 0 Å². The predicted molar refractivity (Wildman–Crippen MR) is 69.0 cm³/mol. The van der Waals surface area contributed by atoms with Gasteiger partial charge >= 0.3 is 12.6 Å². The van der Waals surface area contributed by atoms with Crippen LogP contribution in [0.15, 0.2) is 0 Å². The fourth-order valence-electron chi connectivity index (χ4n) is 0.155. The standard InChI is InChI=1S/C5H6I.2HI.Mg/c1-2-3-4-5-6;;;/h3-5H2;2*1H;/q;;;+2/p-2. The monoisotopic (exact) mass is 471 g/mol. The van der Waals surface area contributed by atoms with Crippen LogP contribution in [0.3, 0.4) is 0 Å². The minimum Gasteiger partial charge on any atom is -0.276 e. The number of hydrogen-bond donors (Lipinski definition) is 0. The first kappa shape index (κ1) is 14.1. The van der Waals surface area contributed by atoms with Gasteiger partial charge in [0.2, 0.25) is 0 Å². The number of alkyl halides is 1. The van der Waals surface area contributed by atoms with Gasteiger partial charge in [0, 0.05) is 10.8 Å². The molecule has 0 saturated heterocycles. The quantitative estimate of drug-likeness (QED) is 0.191. The zero-order chi connectivity index (χ0) is 7.54. The summed E-state index contributed by atoms with van der Waals surface area (Å²) in [6.45, 7) is 0. The smallest absolute Gasteiger partial charge is 0.276 e. The highest BCUT2D eigenvalue weighted by atomic mass is 127. The summed E-state index contributed by atoms with van der Waals surface area (Å²) in [6.07, 6.45) is 8.38. The van der Waals surface area contributed by atoms with Crippen molar-refractivity contribution in [2.24, 2.45) is 0 Å². The van der Waals surface area contributed by atoms with Gasteiger partial charge in [0.15, 0.2) is 0 Å². The Labute approximate surface area is 100 Å². The minimum atomic E-state index is 0.357. The molecule has 0 bridgehead atoms. The highest BCUT2D eigenvalue weighted by Crippen LogP contribution is 1.90. The van der Waals surface area contributed by atoms with Crippen molar-refractivity contribution in [3.05, 3.63) is 6.42 Å². The second-order valence-corrected chi connectivity index (χ2v) is 15.7. The van der Waals surface area contributed by atoms with Gasteiger partial charge in [0.1, 0.15) is 0 Å². The van der Waals surface area contributed by atoms with E-state index in [1.165, 1.54) is 0 Å². The van der Waals surface area contributed by atoms with Crippen molar-refractivity contribution in [3.63, 3.8) is 0 Å². The normalized spacial score (nSPS) is 6.00. The highest BCUT2D eigenvalue weighted by Gasteiger charge is 1.73. The van der Waals surface area contributed by atoms with Crippen molar-refractivity contribution in [1.29, 1.82) is 0 Å². The lowest BCUT2D eigenvalue weighted by atomic mass is 10.4. The van der Waals surface area contributed by atoms with Crippen molar-refractivity contribution in [1.82, 2.24) is 0 Å². The number of halogens is 3. The maximum Gasteiger partial charge on any atom is 0.552 e. The molecule has 0 atom stereocenters. The lowest BCUT2D eigenvalue weighted by molar-refractivity contribution is 1.01. The Hall–Kier alpha value is 2.52. The van der Waals surface area contributed by atoms with E-state index in [0.717, 1.165) is 17.3 Å². The van der Waals surface area contributed by atoms with Crippen LogP contribution in [0.5, 0.6) is 0 Å². The number of hydrogen-bond acceptors (Lipinski definition) is 0. The van der Waals surface area contributed by atoms with Crippen molar-refractivity contribution in [3.8, 4) is 5.92 Å². The summed E-state index contributed by atoms with van der Waals surface area (Å²) in [5.74, 6) is 2.31. The topological polar surface area (TPSA) is 0 Å². The first-order chi connectivity index (χ1) is 4.33. The molecule has 0 fully saturated rings. The van der Waals surface area contributed by atoms with Gasteiger partial charge in [-0.15, -0.1) is 0 Å². The largest absolute Gasteiger partial charge is 0.552 e. The molecule has 0 aromatic carbocycles. The van der Waals surface area contributed by atoms with Crippen LogP contribution in [0, 0.1) is 12.3 Å². The minimum absolute atomic E-state index is 0.357.